The Bertz CT molecular complexity index is 634. The predicted octanol–water partition coefficient (Wildman–Crippen LogP) is 4.39. The number of rotatable bonds is 4. The van der Waals surface area contributed by atoms with E-state index in [0.29, 0.717) is 17.7 Å². The van der Waals surface area contributed by atoms with E-state index in [4.69, 9.17) is 0 Å². The van der Waals surface area contributed by atoms with Crippen molar-refractivity contribution in [3.8, 4) is 10.6 Å². The molecule has 0 aliphatic rings. The smallest absolute Gasteiger partial charge is 0.312 e. The van der Waals surface area contributed by atoms with Gasteiger partial charge < -0.3 is 5.32 Å². The number of halogens is 4. The zero-order valence-corrected chi connectivity index (χ0v) is 12.3. The third kappa shape index (κ3) is 3.59. The highest BCUT2D eigenvalue weighted by molar-refractivity contribution is 7.15. The molecule has 2 nitrogen and oxygen atoms in total. The number of hydrogen-bond donors (Lipinski definition) is 1. The second-order valence-electron chi connectivity index (χ2n) is 4.53. The molecule has 0 bridgehead atoms. The fraction of sp³-hybridized carbons (Fsp3) is 0.357. The number of benzene rings is 1. The van der Waals surface area contributed by atoms with Crippen molar-refractivity contribution in [2.75, 3.05) is 6.54 Å². The number of hydrogen-bond acceptors (Lipinski definition) is 3. The van der Waals surface area contributed by atoms with Crippen molar-refractivity contribution in [3.05, 3.63) is 40.2 Å². The van der Waals surface area contributed by atoms with Gasteiger partial charge in [-0.3, -0.25) is 0 Å². The van der Waals surface area contributed by atoms with Crippen molar-refractivity contribution in [3.63, 3.8) is 0 Å². The van der Waals surface area contributed by atoms with Crippen LogP contribution < -0.4 is 5.32 Å². The summed E-state index contributed by atoms with van der Waals surface area (Å²) in [7, 11) is 0. The van der Waals surface area contributed by atoms with E-state index in [1.165, 1.54) is 18.2 Å². The molecule has 0 saturated heterocycles. The van der Waals surface area contributed by atoms with Crippen LogP contribution in [0, 0.1) is 12.7 Å². The first-order valence-electron chi connectivity index (χ1n) is 6.37. The fourth-order valence-electron chi connectivity index (χ4n) is 1.87. The normalized spacial score (nSPS) is 11.9. The van der Waals surface area contributed by atoms with Crippen LogP contribution in [0.3, 0.4) is 0 Å². The van der Waals surface area contributed by atoms with Crippen LogP contribution in [-0.4, -0.2) is 11.5 Å². The summed E-state index contributed by atoms with van der Waals surface area (Å²) in [6.45, 7) is 4.18. The summed E-state index contributed by atoms with van der Waals surface area (Å²) in [6.07, 6.45) is -4.51. The van der Waals surface area contributed by atoms with E-state index >= 15 is 0 Å². The molecule has 0 saturated carbocycles. The maximum atomic E-state index is 13.3. The molecule has 2 aromatic rings. The van der Waals surface area contributed by atoms with Gasteiger partial charge in [0.05, 0.1) is 4.88 Å². The van der Waals surface area contributed by atoms with Gasteiger partial charge in [-0.05, 0) is 31.2 Å². The van der Waals surface area contributed by atoms with Crippen molar-refractivity contribution in [2.24, 2.45) is 0 Å². The van der Waals surface area contributed by atoms with Crippen molar-refractivity contribution in [2.45, 2.75) is 26.6 Å². The molecular formula is C14H14F4N2S. The lowest BCUT2D eigenvalue weighted by Crippen LogP contribution is -2.15. The highest BCUT2D eigenvalue weighted by Gasteiger charge is 2.37. The Kier molecular flexibility index (Phi) is 4.63. The Morgan fingerprint density at radius 2 is 2.00 bits per heavy atom. The van der Waals surface area contributed by atoms with Gasteiger partial charge in [0.15, 0.2) is 5.69 Å². The average Bonchev–Trinajstić information content (AvgIpc) is 2.83. The van der Waals surface area contributed by atoms with E-state index in [0.717, 1.165) is 11.3 Å². The summed E-state index contributed by atoms with van der Waals surface area (Å²) >= 11 is 0.942. The van der Waals surface area contributed by atoms with Gasteiger partial charge in [-0.1, -0.05) is 13.0 Å². The Morgan fingerprint density at radius 1 is 1.29 bits per heavy atom. The van der Waals surface area contributed by atoms with E-state index in [1.54, 1.807) is 6.92 Å². The van der Waals surface area contributed by atoms with Crippen LogP contribution in [-0.2, 0) is 12.7 Å². The van der Waals surface area contributed by atoms with E-state index in [2.05, 4.69) is 10.3 Å². The first-order chi connectivity index (χ1) is 9.82. The first-order valence-corrected chi connectivity index (χ1v) is 7.18. The molecule has 0 amide bonds. The lowest BCUT2D eigenvalue weighted by molar-refractivity contribution is -0.141. The van der Waals surface area contributed by atoms with Crippen LogP contribution >= 0.6 is 11.3 Å². The van der Waals surface area contributed by atoms with E-state index in [9.17, 15) is 17.6 Å². The van der Waals surface area contributed by atoms with Crippen molar-refractivity contribution >= 4 is 11.3 Å². The molecule has 0 spiro atoms. The highest BCUT2D eigenvalue weighted by Crippen LogP contribution is 2.38. The molecular weight excluding hydrogens is 304 g/mol. The van der Waals surface area contributed by atoms with Gasteiger partial charge in [-0.25, -0.2) is 9.37 Å². The quantitative estimate of drug-likeness (QED) is 0.846. The van der Waals surface area contributed by atoms with Gasteiger partial charge in [-0.15, -0.1) is 11.3 Å². The Balaban J connectivity index is 2.50. The Labute approximate surface area is 123 Å². The number of aromatic nitrogens is 1. The number of alkyl halides is 3. The van der Waals surface area contributed by atoms with Crippen LogP contribution in [0.15, 0.2) is 18.2 Å². The summed E-state index contributed by atoms with van der Waals surface area (Å²) in [4.78, 5) is 3.81. The molecule has 0 atom stereocenters. The molecule has 0 radical (unpaired) electrons. The van der Waals surface area contributed by atoms with Crippen LogP contribution in [0.1, 0.15) is 23.1 Å². The second kappa shape index (κ2) is 6.11. The lowest BCUT2D eigenvalue weighted by Gasteiger charge is -2.05. The number of nitrogens with one attached hydrogen (secondary N) is 1. The molecule has 1 aromatic carbocycles. The maximum Gasteiger partial charge on any atom is 0.434 e. The topological polar surface area (TPSA) is 24.9 Å². The fourth-order valence-corrected chi connectivity index (χ4v) is 3.00. The lowest BCUT2D eigenvalue weighted by atomic mass is 10.1. The van der Waals surface area contributed by atoms with Gasteiger partial charge in [0, 0.05) is 12.1 Å². The van der Waals surface area contributed by atoms with Gasteiger partial charge in [0.1, 0.15) is 10.8 Å². The summed E-state index contributed by atoms with van der Waals surface area (Å²) < 4.78 is 52.4. The third-order valence-electron chi connectivity index (χ3n) is 2.93. The van der Waals surface area contributed by atoms with Gasteiger partial charge >= 0.3 is 6.18 Å². The van der Waals surface area contributed by atoms with Crippen LogP contribution in [0.5, 0.6) is 0 Å². The molecule has 0 aliphatic heterocycles. The zero-order valence-electron chi connectivity index (χ0n) is 11.5. The summed E-state index contributed by atoms with van der Waals surface area (Å²) in [5.41, 5.74) is 0.189. The zero-order chi connectivity index (χ0) is 15.6. The van der Waals surface area contributed by atoms with Gasteiger partial charge in [-0.2, -0.15) is 13.2 Å². The highest BCUT2D eigenvalue weighted by atomic mass is 32.1. The van der Waals surface area contributed by atoms with Crippen molar-refractivity contribution in [1.29, 1.82) is 0 Å². The predicted molar refractivity (Wildman–Crippen MR) is 74.6 cm³/mol. The van der Waals surface area contributed by atoms with Gasteiger partial charge in [0.25, 0.3) is 0 Å². The van der Waals surface area contributed by atoms with Crippen LogP contribution in [0.4, 0.5) is 17.6 Å². The second-order valence-corrected chi connectivity index (χ2v) is 5.61. The minimum atomic E-state index is -4.51. The Morgan fingerprint density at radius 3 is 2.62 bits per heavy atom. The average molecular weight is 318 g/mol. The number of nitrogens with zero attached hydrogens (tertiary/aromatic N) is 1. The molecule has 1 heterocycles. The first kappa shape index (κ1) is 15.9. The summed E-state index contributed by atoms with van der Waals surface area (Å²) in [6, 6.07) is 4.02. The Hall–Kier alpha value is -1.47. The molecule has 21 heavy (non-hydrogen) atoms. The minimum absolute atomic E-state index is 0.0946. The standard InChI is InChI=1S/C14H14F4N2S/c1-3-19-7-11-12(14(16,17)18)20-13(21-11)10-6-9(15)5-4-8(10)2/h4-6,19H,3,7H2,1-2H3. The van der Waals surface area contributed by atoms with E-state index in [1.807, 2.05) is 6.92 Å². The summed E-state index contributed by atoms with van der Waals surface area (Å²) in [5, 5.41) is 3.05. The maximum absolute atomic E-state index is 13.3. The molecule has 114 valence electrons. The molecule has 7 heteroatoms. The van der Waals surface area contributed by atoms with E-state index in [-0.39, 0.29) is 16.4 Å². The molecule has 1 aromatic heterocycles. The van der Waals surface area contributed by atoms with Gasteiger partial charge in [0.2, 0.25) is 0 Å². The SMILES string of the molecule is CCNCc1sc(-c2cc(F)ccc2C)nc1C(F)(F)F. The minimum Gasteiger partial charge on any atom is -0.312 e. The molecule has 0 aliphatic carbocycles. The molecule has 0 unspecified atom stereocenters. The largest absolute Gasteiger partial charge is 0.434 e. The third-order valence-corrected chi connectivity index (χ3v) is 4.02. The van der Waals surface area contributed by atoms with Crippen molar-refractivity contribution < 1.29 is 17.6 Å². The number of thiazole rings is 1. The van der Waals surface area contributed by atoms with Crippen LogP contribution in [0.2, 0.25) is 0 Å². The molecule has 2 rings (SSSR count). The molecule has 1 N–H and O–H groups in total. The van der Waals surface area contributed by atoms with Crippen molar-refractivity contribution in [1.82, 2.24) is 10.3 Å². The monoisotopic (exact) mass is 318 g/mol. The van der Waals surface area contributed by atoms with Crippen LogP contribution in [0.25, 0.3) is 10.6 Å². The molecule has 0 fully saturated rings. The number of aryl methyl sites for hydroxylation is 1. The van der Waals surface area contributed by atoms with E-state index < -0.39 is 17.7 Å². The summed E-state index contributed by atoms with van der Waals surface area (Å²) in [5.74, 6) is -0.493.